The SMILES string of the molecule is COc1cc(N)ccc1NC(=O)CN1CCCC1=O. The zero-order valence-corrected chi connectivity index (χ0v) is 10.8. The molecule has 0 unspecified atom stereocenters. The maximum Gasteiger partial charge on any atom is 0.244 e. The third-order valence-corrected chi connectivity index (χ3v) is 3.01. The monoisotopic (exact) mass is 263 g/mol. The first-order valence-corrected chi connectivity index (χ1v) is 6.11. The van der Waals surface area contributed by atoms with E-state index in [1.807, 2.05) is 0 Å². The number of hydrogen-bond donors (Lipinski definition) is 2. The van der Waals surface area contributed by atoms with Crippen LogP contribution >= 0.6 is 0 Å². The molecule has 102 valence electrons. The van der Waals surface area contributed by atoms with Crippen molar-refractivity contribution in [2.45, 2.75) is 12.8 Å². The van der Waals surface area contributed by atoms with Crippen molar-refractivity contribution in [1.29, 1.82) is 0 Å². The minimum absolute atomic E-state index is 0.0272. The Morgan fingerprint density at radius 1 is 1.53 bits per heavy atom. The molecule has 1 aliphatic rings. The first-order valence-electron chi connectivity index (χ1n) is 6.11. The number of ether oxygens (including phenoxy) is 1. The summed E-state index contributed by atoms with van der Waals surface area (Å²) < 4.78 is 5.14. The summed E-state index contributed by atoms with van der Waals surface area (Å²) in [5, 5.41) is 2.72. The molecule has 1 heterocycles. The average molecular weight is 263 g/mol. The van der Waals surface area contributed by atoms with Crippen molar-refractivity contribution in [3.8, 4) is 5.75 Å². The molecule has 0 bridgehead atoms. The lowest BCUT2D eigenvalue weighted by Crippen LogP contribution is -2.34. The van der Waals surface area contributed by atoms with Gasteiger partial charge in [0.25, 0.3) is 0 Å². The molecule has 3 N–H and O–H groups in total. The highest BCUT2D eigenvalue weighted by atomic mass is 16.5. The van der Waals surface area contributed by atoms with Gasteiger partial charge in [0.15, 0.2) is 0 Å². The van der Waals surface area contributed by atoms with Crippen LogP contribution in [0.4, 0.5) is 11.4 Å². The molecule has 6 nitrogen and oxygen atoms in total. The van der Waals surface area contributed by atoms with Gasteiger partial charge >= 0.3 is 0 Å². The molecule has 0 atom stereocenters. The number of nitrogens with one attached hydrogen (secondary N) is 1. The fourth-order valence-electron chi connectivity index (χ4n) is 2.05. The molecule has 2 rings (SSSR count). The number of nitrogens with two attached hydrogens (primary N) is 1. The number of nitrogen functional groups attached to an aromatic ring is 1. The molecule has 0 spiro atoms. The van der Waals surface area contributed by atoms with Gasteiger partial charge in [-0.1, -0.05) is 0 Å². The Kier molecular flexibility index (Phi) is 3.89. The summed E-state index contributed by atoms with van der Waals surface area (Å²) in [6.07, 6.45) is 1.34. The van der Waals surface area contributed by atoms with Gasteiger partial charge in [-0.3, -0.25) is 9.59 Å². The predicted molar refractivity (Wildman–Crippen MR) is 71.9 cm³/mol. The molecule has 0 radical (unpaired) electrons. The molecule has 19 heavy (non-hydrogen) atoms. The molecule has 1 aromatic carbocycles. The van der Waals surface area contributed by atoms with Crippen molar-refractivity contribution < 1.29 is 14.3 Å². The standard InChI is InChI=1S/C13H17N3O3/c1-19-11-7-9(14)4-5-10(11)15-12(17)8-16-6-2-3-13(16)18/h4-5,7H,2-3,6,8,14H2,1H3,(H,15,17). The zero-order chi connectivity index (χ0) is 13.8. The van der Waals surface area contributed by atoms with Crippen LogP contribution in [0, 0.1) is 0 Å². The third-order valence-electron chi connectivity index (χ3n) is 3.01. The quantitative estimate of drug-likeness (QED) is 0.788. The first kappa shape index (κ1) is 13.2. The second-order valence-electron chi connectivity index (χ2n) is 4.43. The number of anilines is 2. The molecular formula is C13H17N3O3. The molecule has 1 aliphatic heterocycles. The maximum atomic E-state index is 11.9. The number of carbonyl (C=O) groups excluding carboxylic acids is 2. The van der Waals surface area contributed by atoms with Crippen LogP contribution in [0.1, 0.15) is 12.8 Å². The van der Waals surface area contributed by atoms with E-state index in [-0.39, 0.29) is 18.4 Å². The van der Waals surface area contributed by atoms with E-state index in [0.29, 0.717) is 30.1 Å². The van der Waals surface area contributed by atoms with E-state index in [1.54, 1.807) is 23.1 Å². The van der Waals surface area contributed by atoms with E-state index >= 15 is 0 Å². The molecule has 0 aromatic heterocycles. The highest BCUT2D eigenvalue weighted by Gasteiger charge is 2.22. The van der Waals surface area contributed by atoms with E-state index in [2.05, 4.69) is 5.32 Å². The molecule has 2 amide bonds. The van der Waals surface area contributed by atoms with Crippen molar-refractivity contribution in [1.82, 2.24) is 4.90 Å². The van der Waals surface area contributed by atoms with E-state index in [4.69, 9.17) is 10.5 Å². The Morgan fingerprint density at radius 3 is 2.95 bits per heavy atom. The molecule has 0 saturated carbocycles. The third kappa shape index (κ3) is 3.15. The van der Waals surface area contributed by atoms with Gasteiger partial charge in [0.2, 0.25) is 11.8 Å². The van der Waals surface area contributed by atoms with Crippen molar-refractivity contribution in [3.63, 3.8) is 0 Å². The summed E-state index contributed by atoms with van der Waals surface area (Å²) in [6, 6.07) is 4.99. The minimum atomic E-state index is -0.238. The smallest absolute Gasteiger partial charge is 0.244 e. The lowest BCUT2D eigenvalue weighted by Gasteiger charge is -2.16. The fourth-order valence-corrected chi connectivity index (χ4v) is 2.05. The largest absolute Gasteiger partial charge is 0.494 e. The average Bonchev–Trinajstić information content (AvgIpc) is 2.77. The predicted octanol–water partition coefficient (Wildman–Crippen LogP) is 0.838. The first-order chi connectivity index (χ1) is 9.10. The summed E-state index contributed by atoms with van der Waals surface area (Å²) in [7, 11) is 1.51. The van der Waals surface area contributed by atoms with Gasteiger partial charge in [0.05, 0.1) is 19.3 Å². The minimum Gasteiger partial charge on any atom is -0.494 e. The van der Waals surface area contributed by atoms with Gasteiger partial charge in [0, 0.05) is 24.7 Å². The van der Waals surface area contributed by atoms with Crippen molar-refractivity contribution in [2.75, 3.05) is 31.2 Å². The summed E-state index contributed by atoms with van der Waals surface area (Å²) >= 11 is 0. The molecular weight excluding hydrogens is 246 g/mol. The number of hydrogen-bond acceptors (Lipinski definition) is 4. The molecule has 1 aromatic rings. The van der Waals surface area contributed by atoms with E-state index in [9.17, 15) is 9.59 Å². The van der Waals surface area contributed by atoms with Crippen molar-refractivity contribution in [2.24, 2.45) is 0 Å². The van der Waals surface area contributed by atoms with E-state index in [0.717, 1.165) is 6.42 Å². The van der Waals surface area contributed by atoms with Crippen LogP contribution in [0.2, 0.25) is 0 Å². The number of carbonyl (C=O) groups is 2. The Labute approximate surface area is 111 Å². The highest BCUT2D eigenvalue weighted by Crippen LogP contribution is 2.26. The van der Waals surface area contributed by atoms with E-state index in [1.165, 1.54) is 7.11 Å². The van der Waals surface area contributed by atoms with Gasteiger partial charge in [-0.05, 0) is 18.6 Å². The lowest BCUT2D eigenvalue weighted by atomic mass is 10.2. The van der Waals surface area contributed by atoms with Crippen molar-refractivity contribution >= 4 is 23.2 Å². The van der Waals surface area contributed by atoms with Crippen LogP contribution in [0.25, 0.3) is 0 Å². The van der Waals surface area contributed by atoms with Gasteiger partial charge in [0.1, 0.15) is 5.75 Å². The number of rotatable bonds is 4. The number of methoxy groups -OCH3 is 1. The normalized spacial score (nSPS) is 14.6. The number of benzene rings is 1. The summed E-state index contributed by atoms with van der Waals surface area (Å²) in [5.74, 6) is 0.291. The topological polar surface area (TPSA) is 84.7 Å². The van der Waals surface area contributed by atoms with Crippen LogP contribution in [-0.4, -0.2) is 36.9 Å². The molecule has 1 saturated heterocycles. The number of nitrogens with zero attached hydrogens (tertiary/aromatic N) is 1. The summed E-state index contributed by atoms with van der Waals surface area (Å²) in [4.78, 5) is 24.9. The van der Waals surface area contributed by atoms with Gasteiger partial charge < -0.3 is 20.7 Å². The Morgan fingerprint density at radius 2 is 2.32 bits per heavy atom. The van der Waals surface area contributed by atoms with E-state index < -0.39 is 0 Å². The summed E-state index contributed by atoms with van der Waals surface area (Å²) in [6.45, 7) is 0.720. The Bertz CT molecular complexity index is 502. The molecule has 1 fully saturated rings. The van der Waals surface area contributed by atoms with Crippen LogP contribution in [0.3, 0.4) is 0 Å². The van der Waals surface area contributed by atoms with Gasteiger partial charge in [-0.15, -0.1) is 0 Å². The fraction of sp³-hybridized carbons (Fsp3) is 0.385. The molecule has 0 aliphatic carbocycles. The van der Waals surface area contributed by atoms with Gasteiger partial charge in [-0.25, -0.2) is 0 Å². The van der Waals surface area contributed by atoms with Gasteiger partial charge in [-0.2, -0.15) is 0 Å². The molecule has 6 heteroatoms. The lowest BCUT2D eigenvalue weighted by molar-refractivity contribution is -0.131. The second kappa shape index (κ2) is 5.60. The highest BCUT2D eigenvalue weighted by molar-refractivity contribution is 5.96. The van der Waals surface area contributed by atoms with Crippen LogP contribution in [0.5, 0.6) is 5.75 Å². The maximum absolute atomic E-state index is 11.9. The zero-order valence-electron chi connectivity index (χ0n) is 10.8. The Hall–Kier alpha value is -2.24. The number of likely N-dealkylation sites (tertiary alicyclic amines) is 1. The Balaban J connectivity index is 2.00. The van der Waals surface area contributed by atoms with Crippen molar-refractivity contribution in [3.05, 3.63) is 18.2 Å². The van der Waals surface area contributed by atoms with Crippen LogP contribution in [0.15, 0.2) is 18.2 Å². The van der Waals surface area contributed by atoms with Crippen LogP contribution in [-0.2, 0) is 9.59 Å². The van der Waals surface area contributed by atoms with Crippen LogP contribution < -0.4 is 15.8 Å². The number of amides is 2. The summed E-state index contributed by atoms with van der Waals surface area (Å²) in [5.41, 5.74) is 6.75. The second-order valence-corrected chi connectivity index (χ2v) is 4.43.